The molecular formula is C19H31IN4O2. The van der Waals surface area contributed by atoms with E-state index in [0.29, 0.717) is 13.2 Å². The number of guanidine groups is 1. The molecule has 2 N–H and O–H groups in total. The standard InChI is InChI=1S/C19H30N4O2.HI/c1-14(2)18(24)23-10-8-16(13-23)22-19(20-4)21-9-11-25-17-7-5-6-15(3)12-17;/h5-7,12,14,16H,8-11,13H2,1-4H3,(H2,20,21,22);1H. The van der Waals surface area contributed by atoms with Crippen molar-refractivity contribution in [3.63, 3.8) is 0 Å². The highest BCUT2D eigenvalue weighted by atomic mass is 127. The van der Waals surface area contributed by atoms with Crippen molar-refractivity contribution in [3.05, 3.63) is 29.8 Å². The van der Waals surface area contributed by atoms with Gasteiger partial charge in [0.1, 0.15) is 12.4 Å². The lowest BCUT2D eigenvalue weighted by Gasteiger charge is -2.20. The summed E-state index contributed by atoms with van der Waals surface area (Å²) in [5, 5.41) is 6.65. The van der Waals surface area contributed by atoms with E-state index in [1.807, 2.05) is 49.9 Å². The fraction of sp³-hybridized carbons (Fsp3) is 0.579. The second-order valence-corrected chi connectivity index (χ2v) is 6.73. The molecule has 1 aliphatic rings. The lowest BCUT2D eigenvalue weighted by molar-refractivity contribution is -0.133. The number of amides is 1. The molecular weight excluding hydrogens is 443 g/mol. The van der Waals surface area contributed by atoms with E-state index in [-0.39, 0.29) is 41.8 Å². The van der Waals surface area contributed by atoms with Crippen LogP contribution in [0.4, 0.5) is 0 Å². The molecule has 1 unspecified atom stereocenters. The van der Waals surface area contributed by atoms with Crippen molar-refractivity contribution < 1.29 is 9.53 Å². The Hall–Kier alpha value is -1.51. The number of hydrogen-bond donors (Lipinski definition) is 2. The molecule has 1 heterocycles. The first-order chi connectivity index (χ1) is 12.0. The van der Waals surface area contributed by atoms with Gasteiger partial charge in [0, 0.05) is 32.1 Å². The second-order valence-electron chi connectivity index (χ2n) is 6.73. The number of benzene rings is 1. The van der Waals surface area contributed by atoms with E-state index in [2.05, 4.69) is 15.6 Å². The van der Waals surface area contributed by atoms with Gasteiger partial charge in [0.25, 0.3) is 0 Å². The van der Waals surface area contributed by atoms with Crippen molar-refractivity contribution in [3.8, 4) is 5.75 Å². The topological polar surface area (TPSA) is 66.0 Å². The van der Waals surface area contributed by atoms with Gasteiger partial charge in [-0.1, -0.05) is 26.0 Å². The Labute approximate surface area is 173 Å². The molecule has 0 bridgehead atoms. The maximum absolute atomic E-state index is 12.1. The highest BCUT2D eigenvalue weighted by molar-refractivity contribution is 14.0. The quantitative estimate of drug-likeness (QED) is 0.288. The molecule has 0 radical (unpaired) electrons. The average molecular weight is 474 g/mol. The Morgan fingerprint density at radius 3 is 2.85 bits per heavy atom. The minimum absolute atomic E-state index is 0. The van der Waals surface area contributed by atoms with E-state index < -0.39 is 0 Å². The molecule has 1 saturated heterocycles. The summed E-state index contributed by atoms with van der Waals surface area (Å²) in [7, 11) is 1.75. The first-order valence-electron chi connectivity index (χ1n) is 8.95. The third-order valence-electron chi connectivity index (χ3n) is 4.21. The van der Waals surface area contributed by atoms with Gasteiger partial charge in [0.15, 0.2) is 5.96 Å². The first kappa shape index (κ1) is 22.5. The third-order valence-corrected chi connectivity index (χ3v) is 4.21. The van der Waals surface area contributed by atoms with Crippen LogP contribution in [0, 0.1) is 12.8 Å². The maximum Gasteiger partial charge on any atom is 0.225 e. The molecule has 1 atom stereocenters. The number of rotatable bonds is 6. The number of aliphatic imine (C=N–C) groups is 1. The van der Waals surface area contributed by atoms with Crippen molar-refractivity contribution in [2.75, 3.05) is 33.3 Å². The van der Waals surface area contributed by atoms with Gasteiger partial charge in [-0.05, 0) is 31.0 Å². The summed E-state index contributed by atoms with van der Waals surface area (Å²) >= 11 is 0. The highest BCUT2D eigenvalue weighted by Gasteiger charge is 2.27. The number of nitrogens with one attached hydrogen (secondary N) is 2. The van der Waals surface area contributed by atoms with Crippen LogP contribution >= 0.6 is 24.0 Å². The lowest BCUT2D eigenvalue weighted by atomic mass is 10.2. The normalized spacial score (nSPS) is 17.0. The van der Waals surface area contributed by atoms with E-state index in [9.17, 15) is 4.79 Å². The summed E-state index contributed by atoms with van der Waals surface area (Å²) in [6.45, 7) is 8.70. The van der Waals surface area contributed by atoms with Gasteiger partial charge in [0.2, 0.25) is 5.91 Å². The van der Waals surface area contributed by atoms with Crippen molar-refractivity contribution >= 4 is 35.8 Å². The number of carbonyl (C=O) groups excluding carboxylic acids is 1. The van der Waals surface area contributed by atoms with Crippen molar-refractivity contribution in [1.29, 1.82) is 0 Å². The smallest absolute Gasteiger partial charge is 0.225 e. The van der Waals surface area contributed by atoms with E-state index in [1.165, 1.54) is 5.56 Å². The summed E-state index contributed by atoms with van der Waals surface area (Å²) in [6.07, 6.45) is 0.943. The number of likely N-dealkylation sites (tertiary alicyclic amines) is 1. The van der Waals surface area contributed by atoms with Gasteiger partial charge >= 0.3 is 0 Å². The van der Waals surface area contributed by atoms with Gasteiger partial charge in [-0.15, -0.1) is 24.0 Å². The number of aryl methyl sites for hydroxylation is 1. The molecule has 0 aromatic heterocycles. The van der Waals surface area contributed by atoms with E-state index in [1.54, 1.807) is 7.05 Å². The molecule has 0 spiro atoms. The summed E-state index contributed by atoms with van der Waals surface area (Å²) in [5.41, 5.74) is 1.18. The van der Waals surface area contributed by atoms with E-state index in [0.717, 1.165) is 31.2 Å². The number of hydrogen-bond acceptors (Lipinski definition) is 3. The molecule has 1 amide bonds. The first-order valence-corrected chi connectivity index (χ1v) is 8.95. The molecule has 146 valence electrons. The monoisotopic (exact) mass is 474 g/mol. The Morgan fingerprint density at radius 1 is 1.42 bits per heavy atom. The van der Waals surface area contributed by atoms with Crippen LogP contribution in [0.5, 0.6) is 5.75 Å². The minimum Gasteiger partial charge on any atom is -0.492 e. The molecule has 2 rings (SSSR count). The van der Waals surface area contributed by atoms with Crippen LogP contribution in [0.15, 0.2) is 29.3 Å². The molecule has 1 aromatic rings. The molecule has 1 aromatic carbocycles. The number of halogens is 1. The summed E-state index contributed by atoms with van der Waals surface area (Å²) in [4.78, 5) is 18.2. The van der Waals surface area contributed by atoms with Crippen LogP contribution < -0.4 is 15.4 Å². The lowest BCUT2D eigenvalue weighted by Crippen LogP contribution is -2.46. The maximum atomic E-state index is 12.1. The SMILES string of the molecule is CN=C(NCCOc1cccc(C)c1)NC1CCN(C(=O)C(C)C)C1.I. The van der Waals surface area contributed by atoms with Gasteiger partial charge in [-0.25, -0.2) is 0 Å². The summed E-state index contributed by atoms with van der Waals surface area (Å²) < 4.78 is 5.73. The largest absolute Gasteiger partial charge is 0.492 e. The van der Waals surface area contributed by atoms with Gasteiger partial charge in [-0.2, -0.15) is 0 Å². The summed E-state index contributed by atoms with van der Waals surface area (Å²) in [6, 6.07) is 8.26. The Kier molecular flexibility index (Phi) is 9.75. The molecule has 1 fully saturated rings. The Bertz CT molecular complexity index is 607. The highest BCUT2D eigenvalue weighted by Crippen LogP contribution is 2.13. The molecule has 0 aliphatic carbocycles. The van der Waals surface area contributed by atoms with Gasteiger partial charge < -0.3 is 20.3 Å². The van der Waals surface area contributed by atoms with Crippen LogP contribution in [-0.4, -0.2) is 56.1 Å². The predicted molar refractivity (Wildman–Crippen MR) is 116 cm³/mol. The number of carbonyl (C=O) groups is 1. The van der Waals surface area contributed by atoms with Crippen molar-refractivity contribution in [2.24, 2.45) is 10.9 Å². The third kappa shape index (κ3) is 7.01. The van der Waals surface area contributed by atoms with E-state index in [4.69, 9.17) is 4.74 Å². The van der Waals surface area contributed by atoms with Crippen molar-refractivity contribution in [2.45, 2.75) is 33.2 Å². The van der Waals surface area contributed by atoms with Crippen LogP contribution in [-0.2, 0) is 4.79 Å². The minimum atomic E-state index is 0. The molecule has 1 aliphatic heterocycles. The summed E-state index contributed by atoms with van der Waals surface area (Å²) in [5.74, 6) is 1.90. The van der Waals surface area contributed by atoms with Crippen molar-refractivity contribution in [1.82, 2.24) is 15.5 Å². The van der Waals surface area contributed by atoms with Crippen LogP contribution in [0.25, 0.3) is 0 Å². The molecule has 6 nitrogen and oxygen atoms in total. The van der Waals surface area contributed by atoms with Gasteiger partial charge in [-0.3, -0.25) is 9.79 Å². The zero-order chi connectivity index (χ0) is 18.2. The molecule has 26 heavy (non-hydrogen) atoms. The fourth-order valence-corrected chi connectivity index (χ4v) is 2.87. The average Bonchev–Trinajstić information content (AvgIpc) is 3.05. The second kappa shape index (κ2) is 11.3. The van der Waals surface area contributed by atoms with E-state index >= 15 is 0 Å². The van der Waals surface area contributed by atoms with Crippen LogP contribution in [0.1, 0.15) is 25.8 Å². The van der Waals surface area contributed by atoms with Crippen LogP contribution in [0.2, 0.25) is 0 Å². The zero-order valence-electron chi connectivity index (χ0n) is 16.1. The molecule has 0 saturated carbocycles. The number of ether oxygens (including phenoxy) is 1. The zero-order valence-corrected chi connectivity index (χ0v) is 18.4. The fourth-order valence-electron chi connectivity index (χ4n) is 2.87. The predicted octanol–water partition coefficient (Wildman–Crippen LogP) is 2.41. The van der Waals surface area contributed by atoms with Crippen LogP contribution in [0.3, 0.4) is 0 Å². The molecule has 7 heteroatoms. The number of nitrogens with zero attached hydrogens (tertiary/aromatic N) is 2. The van der Waals surface area contributed by atoms with Gasteiger partial charge in [0.05, 0.1) is 6.54 Å². The Balaban J connectivity index is 0.00000338. The Morgan fingerprint density at radius 2 is 2.19 bits per heavy atom.